The van der Waals surface area contributed by atoms with Gasteiger partial charge in [0, 0.05) is 51.1 Å². The number of carbonyl (C=O) groups excluding carboxylic acids is 1. The maximum atomic E-state index is 12.6. The van der Waals surface area contributed by atoms with Gasteiger partial charge in [-0.3, -0.25) is 0 Å². The summed E-state index contributed by atoms with van der Waals surface area (Å²) in [5, 5.41) is 2.85. The van der Waals surface area contributed by atoms with E-state index < -0.39 is 10.0 Å². The van der Waals surface area contributed by atoms with Gasteiger partial charge < -0.3 is 15.1 Å². The average molecular weight is 429 g/mol. The van der Waals surface area contributed by atoms with Gasteiger partial charge in [0.2, 0.25) is 10.0 Å². The molecule has 0 atom stereocenters. The number of carbonyl (C=O) groups is 1. The van der Waals surface area contributed by atoms with E-state index in [0.717, 1.165) is 13.1 Å². The number of nitrogens with one attached hydrogen (secondary N) is 1. The molecule has 160 valence electrons. The summed E-state index contributed by atoms with van der Waals surface area (Å²) in [5.41, 5.74) is 2.95. The second-order valence-electron chi connectivity index (χ2n) is 7.34. The van der Waals surface area contributed by atoms with Crippen LogP contribution in [0.25, 0.3) is 0 Å². The topological polar surface area (TPSA) is 73.0 Å². The highest BCUT2D eigenvalue weighted by molar-refractivity contribution is 7.89. The lowest BCUT2D eigenvalue weighted by molar-refractivity contribution is 0.208. The van der Waals surface area contributed by atoms with E-state index in [1.165, 1.54) is 40.8 Å². The Balaban J connectivity index is 1.57. The van der Waals surface area contributed by atoms with Crippen molar-refractivity contribution in [2.45, 2.75) is 11.8 Å². The van der Waals surface area contributed by atoms with Gasteiger partial charge in [-0.1, -0.05) is 18.2 Å². The van der Waals surface area contributed by atoms with Crippen molar-refractivity contribution in [2.24, 2.45) is 0 Å². The van der Waals surface area contributed by atoms with E-state index in [0.29, 0.717) is 18.8 Å². The van der Waals surface area contributed by atoms with E-state index in [9.17, 15) is 13.2 Å². The van der Waals surface area contributed by atoms with Gasteiger partial charge in [0.25, 0.3) is 0 Å². The minimum Gasteiger partial charge on any atom is -0.368 e. The van der Waals surface area contributed by atoms with Gasteiger partial charge in [-0.15, -0.1) is 6.58 Å². The molecule has 1 fully saturated rings. The summed E-state index contributed by atoms with van der Waals surface area (Å²) in [7, 11) is -2.07. The third-order valence-electron chi connectivity index (χ3n) is 5.13. The Kier molecular flexibility index (Phi) is 6.79. The Bertz CT molecular complexity index is 997. The molecule has 1 heterocycles. The van der Waals surface area contributed by atoms with Crippen LogP contribution in [0.1, 0.15) is 5.56 Å². The van der Waals surface area contributed by atoms with Crippen molar-refractivity contribution in [1.82, 2.24) is 9.21 Å². The number of sulfonamides is 1. The predicted octanol–water partition coefficient (Wildman–Crippen LogP) is 3.16. The molecule has 0 unspecified atom stereocenters. The third kappa shape index (κ3) is 5.01. The number of piperazine rings is 1. The number of aryl methyl sites for hydroxylation is 1. The van der Waals surface area contributed by atoms with Crippen LogP contribution >= 0.6 is 0 Å². The number of hydrogen-bond donors (Lipinski definition) is 1. The van der Waals surface area contributed by atoms with Crippen LogP contribution in [0, 0.1) is 6.92 Å². The number of urea groups is 1. The summed E-state index contributed by atoms with van der Waals surface area (Å²) in [6.07, 6.45) is 1.53. The second-order valence-corrected chi connectivity index (χ2v) is 9.39. The van der Waals surface area contributed by atoms with Crippen molar-refractivity contribution in [3.63, 3.8) is 0 Å². The SMILES string of the molecule is C=CCN(C)S(=O)(=O)c1ccc(NC(=O)N2CCN(c3cccc(C)c3)CC2)cc1. The van der Waals surface area contributed by atoms with Crippen LogP contribution in [0.3, 0.4) is 0 Å². The van der Waals surface area contributed by atoms with E-state index in [2.05, 4.69) is 41.9 Å². The number of hydrogen-bond acceptors (Lipinski definition) is 4. The van der Waals surface area contributed by atoms with Gasteiger partial charge in [-0.25, -0.2) is 13.2 Å². The molecule has 0 bridgehead atoms. The summed E-state index contributed by atoms with van der Waals surface area (Å²) >= 11 is 0. The first-order valence-corrected chi connectivity index (χ1v) is 11.3. The Labute approximate surface area is 178 Å². The zero-order valence-electron chi connectivity index (χ0n) is 17.4. The van der Waals surface area contributed by atoms with Crippen LogP contribution < -0.4 is 10.2 Å². The molecule has 0 aliphatic carbocycles. The van der Waals surface area contributed by atoms with Crippen molar-refractivity contribution in [3.8, 4) is 0 Å². The molecule has 1 aliphatic rings. The van der Waals surface area contributed by atoms with Crippen LogP contribution in [-0.4, -0.2) is 63.4 Å². The minimum atomic E-state index is -3.57. The van der Waals surface area contributed by atoms with Crippen LogP contribution in [-0.2, 0) is 10.0 Å². The normalized spacial score (nSPS) is 14.6. The number of rotatable bonds is 6. The molecule has 2 aromatic rings. The maximum Gasteiger partial charge on any atom is 0.321 e. The van der Waals surface area contributed by atoms with E-state index in [1.54, 1.807) is 17.0 Å². The number of amides is 2. The molecule has 30 heavy (non-hydrogen) atoms. The summed E-state index contributed by atoms with van der Waals surface area (Å²) in [6.45, 7) is 8.65. The number of likely N-dealkylation sites (N-methyl/N-ethyl adjacent to an activating group) is 1. The zero-order chi connectivity index (χ0) is 21.7. The monoisotopic (exact) mass is 428 g/mol. The number of benzene rings is 2. The van der Waals surface area contributed by atoms with Crippen molar-refractivity contribution in [1.29, 1.82) is 0 Å². The van der Waals surface area contributed by atoms with Gasteiger partial charge in [-0.05, 0) is 48.9 Å². The molecule has 3 rings (SSSR count). The minimum absolute atomic E-state index is 0.177. The number of nitrogens with zero attached hydrogens (tertiary/aromatic N) is 3. The molecule has 1 aliphatic heterocycles. The van der Waals surface area contributed by atoms with Crippen molar-refractivity contribution in [2.75, 3.05) is 50.0 Å². The molecular weight excluding hydrogens is 400 g/mol. The van der Waals surface area contributed by atoms with E-state index in [4.69, 9.17) is 0 Å². The van der Waals surface area contributed by atoms with E-state index >= 15 is 0 Å². The molecule has 2 aromatic carbocycles. The van der Waals surface area contributed by atoms with Gasteiger partial charge in [0.05, 0.1) is 4.90 Å². The summed E-state index contributed by atoms with van der Waals surface area (Å²) in [5.74, 6) is 0. The van der Waals surface area contributed by atoms with Crippen LogP contribution in [0.2, 0.25) is 0 Å². The molecule has 1 saturated heterocycles. The molecule has 0 spiro atoms. The third-order valence-corrected chi connectivity index (χ3v) is 6.97. The molecule has 1 N–H and O–H groups in total. The van der Waals surface area contributed by atoms with Crippen molar-refractivity contribution < 1.29 is 13.2 Å². The fourth-order valence-electron chi connectivity index (χ4n) is 3.37. The maximum absolute atomic E-state index is 12.6. The fourth-order valence-corrected chi connectivity index (χ4v) is 4.51. The lowest BCUT2D eigenvalue weighted by Gasteiger charge is -2.36. The Morgan fingerprint density at radius 2 is 1.80 bits per heavy atom. The predicted molar refractivity (Wildman–Crippen MR) is 120 cm³/mol. The molecule has 7 nitrogen and oxygen atoms in total. The molecule has 0 aromatic heterocycles. The Morgan fingerprint density at radius 1 is 1.13 bits per heavy atom. The van der Waals surface area contributed by atoms with E-state index in [1.807, 2.05) is 6.07 Å². The second kappa shape index (κ2) is 9.32. The fraction of sp³-hybridized carbons (Fsp3) is 0.318. The Hall–Kier alpha value is -2.84. The lowest BCUT2D eigenvalue weighted by Crippen LogP contribution is -2.50. The average Bonchev–Trinajstić information content (AvgIpc) is 2.74. The zero-order valence-corrected chi connectivity index (χ0v) is 18.2. The smallest absolute Gasteiger partial charge is 0.321 e. The van der Waals surface area contributed by atoms with Crippen molar-refractivity contribution in [3.05, 3.63) is 66.7 Å². The summed E-state index contributed by atoms with van der Waals surface area (Å²) in [4.78, 5) is 16.8. The standard InChI is InChI=1S/C22H28N4O3S/c1-4-12-24(3)30(28,29)21-10-8-19(9-11-21)23-22(27)26-15-13-25(14-16-26)20-7-5-6-18(2)17-20/h4-11,17H,1,12-16H2,2-3H3,(H,23,27). The molecular formula is C22H28N4O3S. The summed E-state index contributed by atoms with van der Waals surface area (Å²) in [6, 6.07) is 14.4. The first-order chi connectivity index (χ1) is 14.3. The largest absolute Gasteiger partial charge is 0.368 e. The number of anilines is 2. The van der Waals surface area contributed by atoms with Crippen LogP contribution in [0.4, 0.5) is 16.2 Å². The highest BCUT2D eigenvalue weighted by Crippen LogP contribution is 2.20. The highest BCUT2D eigenvalue weighted by Gasteiger charge is 2.22. The van der Waals surface area contributed by atoms with Gasteiger partial charge >= 0.3 is 6.03 Å². The lowest BCUT2D eigenvalue weighted by atomic mass is 10.2. The van der Waals surface area contributed by atoms with Crippen LogP contribution in [0.5, 0.6) is 0 Å². The highest BCUT2D eigenvalue weighted by atomic mass is 32.2. The first kappa shape index (κ1) is 21.9. The quantitative estimate of drug-likeness (QED) is 0.718. The van der Waals surface area contributed by atoms with Gasteiger partial charge in [-0.2, -0.15) is 4.31 Å². The Morgan fingerprint density at radius 3 is 2.40 bits per heavy atom. The molecule has 0 radical (unpaired) electrons. The van der Waals surface area contributed by atoms with Gasteiger partial charge in [0.15, 0.2) is 0 Å². The van der Waals surface area contributed by atoms with Gasteiger partial charge in [0.1, 0.15) is 0 Å². The molecule has 0 saturated carbocycles. The molecule has 2 amide bonds. The summed E-state index contributed by atoms with van der Waals surface area (Å²) < 4.78 is 26.1. The van der Waals surface area contributed by atoms with Crippen LogP contribution in [0.15, 0.2) is 66.1 Å². The van der Waals surface area contributed by atoms with E-state index in [-0.39, 0.29) is 17.5 Å². The first-order valence-electron chi connectivity index (χ1n) is 9.86. The molecule has 8 heteroatoms. The van der Waals surface area contributed by atoms with Crippen molar-refractivity contribution >= 4 is 27.4 Å².